The molecule has 2 atom stereocenters. The standard InChI is InChI=1S/C18H22O2S2/c1-13-9-11-14(12-10-13)22(20)16-8-6-5-7-15(16)17(21-4)18(2,3)19/h5-12,17,19H,1-4H3/t17-,22-/m0/s1. The molecule has 0 radical (unpaired) electrons. The van der Waals surface area contributed by atoms with E-state index in [-0.39, 0.29) is 5.25 Å². The number of hydrogen-bond donors (Lipinski definition) is 1. The highest BCUT2D eigenvalue weighted by Gasteiger charge is 2.30. The Kier molecular flexibility index (Phi) is 5.48. The smallest absolute Gasteiger partial charge is 0.0852 e. The zero-order valence-electron chi connectivity index (χ0n) is 13.4. The predicted octanol–water partition coefficient (Wildman–Crippen LogP) is 4.34. The van der Waals surface area contributed by atoms with Crippen LogP contribution in [0.25, 0.3) is 0 Å². The van der Waals surface area contributed by atoms with Gasteiger partial charge in [-0.3, -0.25) is 0 Å². The largest absolute Gasteiger partial charge is 0.389 e. The minimum atomic E-state index is -1.25. The molecule has 0 aliphatic carbocycles. The SMILES string of the molecule is CS[C@@H](c1ccccc1[S@@](=O)c1ccc(C)cc1)C(C)(C)O. The van der Waals surface area contributed by atoms with Crippen LogP contribution < -0.4 is 0 Å². The van der Waals surface area contributed by atoms with Crippen LogP contribution in [0.5, 0.6) is 0 Å². The van der Waals surface area contributed by atoms with Crippen LogP contribution in [0.2, 0.25) is 0 Å². The fourth-order valence-electron chi connectivity index (χ4n) is 2.45. The van der Waals surface area contributed by atoms with Crippen molar-refractivity contribution in [3.63, 3.8) is 0 Å². The van der Waals surface area contributed by atoms with Crippen molar-refractivity contribution in [2.75, 3.05) is 6.26 Å². The molecular formula is C18H22O2S2. The van der Waals surface area contributed by atoms with E-state index in [4.69, 9.17) is 0 Å². The monoisotopic (exact) mass is 334 g/mol. The minimum Gasteiger partial charge on any atom is -0.389 e. The Labute approximate surface area is 139 Å². The van der Waals surface area contributed by atoms with E-state index in [1.54, 1.807) is 25.6 Å². The highest BCUT2D eigenvalue weighted by Crippen LogP contribution is 2.40. The summed E-state index contributed by atoms with van der Waals surface area (Å²) in [6.45, 7) is 5.60. The van der Waals surface area contributed by atoms with Gasteiger partial charge in [0.2, 0.25) is 0 Å². The summed E-state index contributed by atoms with van der Waals surface area (Å²) in [6, 6.07) is 15.4. The van der Waals surface area contributed by atoms with Gasteiger partial charge in [0.1, 0.15) is 0 Å². The van der Waals surface area contributed by atoms with E-state index >= 15 is 0 Å². The lowest BCUT2D eigenvalue weighted by Gasteiger charge is -2.29. The minimum absolute atomic E-state index is 0.127. The summed E-state index contributed by atoms with van der Waals surface area (Å²) in [5.41, 5.74) is 1.20. The van der Waals surface area contributed by atoms with E-state index in [1.807, 2.05) is 61.7 Å². The Morgan fingerprint density at radius 3 is 2.23 bits per heavy atom. The first kappa shape index (κ1) is 17.3. The van der Waals surface area contributed by atoms with E-state index in [0.29, 0.717) is 0 Å². The summed E-state index contributed by atoms with van der Waals surface area (Å²) >= 11 is 1.57. The summed E-state index contributed by atoms with van der Waals surface area (Å²) in [6.07, 6.45) is 1.97. The number of rotatable bonds is 5. The molecule has 2 nitrogen and oxygen atoms in total. The summed E-state index contributed by atoms with van der Waals surface area (Å²) in [5.74, 6) is 0. The average Bonchev–Trinajstić information content (AvgIpc) is 2.47. The predicted molar refractivity (Wildman–Crippen MR) is 94.8 cm³/mol. The zero-order chi connectivity index (χ0) is 16.3. The van der Waals surface area contributed by atoms with Gasteiger partial charge < -0.3 is 5.11 Å². The van der Waals surface area contributed by atoms with E-state index < -0.39 is 16.4 Å². The Hall–Kier alpha value is -1.10. The molecule has 0 aromatic heterocycles. The third kappa shape index (κ3) is 3.80. The van der Waals surface area contributed by atoms with Gasteiger partial charge in [0.25, 0.3) is 0 Å². The van der Waals surface area contributed by atoms with Gasteiger partial charge in [0, 0.05) is 9.79 Å². The summed E-state index contributed by atoms with van der Waals surface area (Å²) < 4.78 is 12.9. The van der Waals surface area contributed by atoms with Crippen LogP contribution in [-0.2, 0) is 10.8 Å². The molecule has 1 N–H and O–H groups in total. The molecule has 0 saturated heterocycles. The molecule has 0 aliphatic heterocycles. The normalized spacial score (nSPS) is 14.6. The maximum Gasteiger partial charge on any atom is 0.0852 e. The second-order valence-electron chi connectivity index (χ2n) is 5.89. The van der Waals surface area contributed by atoms with Gasteiger partial charge >= 0.3 is 0 Å². The quantitative estimate of drug-likeness (QED) is 0.884. The van der Waals surface area contributed by atoms with Crippen LogP contribution in [0, 0.1) is 6.92 Å². The molecule has 0 fully saturated rings. The number of aryl methyl sites for hydroxylation is 1. The lowest BCUT2D eigenvalue weighted by Crippen LogP contribution is -2.27. The van der Waals surface area contributed by atoms with Crippen LogP contribution >= 0.6 is 11.8 Å². The molecule has 0 heterocycles. The van der Waals surface area contributed by atoms with Crippen LogP contribution in [-0.4, -0.2) is 21.2 Å². The van der Waals surface area contributed by atoms with E-state index in [1.165, 1.54) is 0 Å². The Bertz CT molecular complexity index is 658. The van der Waals surface area contributed by atoms with E-state index in [9.17, 15) is 9.32 Å². The molecule has 22 heavy (non-hydrogen) atoms. The van der Waals surface area contributed by atoms with Crippen molar-refractivity contribution in [3.8, 4) is 0 Å². The molecule has 2 aromatic rings. The Balaban J connectivity index is 2.48. The van der Waals surface area contributed by atoms with E-state index in [2.05, 4.69) is 0 Å². The first-order chi connectivity index (χ1) is 10.3. The van der Waals surface area contributed by atoms with Gasteiger partial charge in [-0.05, 0) is 50.8 Å². The third-order valence-electron chi connectivity index (χ3n) is 3.51. The zero-order valence-corrected chi connectivity index (χ0v) is 15.0. The molecule has 0 bridgehead atoms. The fraction of sp³-hybridized carbons (Fsp3) is 0.333. The Morgan fingerprint density at radius 2 is 1.68 bits per heavy atom. The molecule has 2 rings (SSSR count). The molecule has 0 saturated carbocycles. The highest BCUT2D eigenvalue weighted by molar-refractivity contribution is 7.99. The number of aliphatic hydroxyl groups is 1. The summed E-state index contributed by atoms with van der Waals surface area (Å²) in [7, 11) is -1.25. The second-order valence-corrected chi connectivity index (χ2v) is 8.28. The van der Waals surface area contributed by atoms with Crippen molar-refractivity contribution in [3.05, 3.63) is 59.7 Å². The van der Waals surface area contributed by atoms with Gasteiger partial charge in [-0.2, -0.15) is 11.8 Å². The van der Waals surface area contributed by atoms with Crippen LogP contribution in [0.4, 0.5) is 0 Å². The molecule has 2 aromatic carbocycles. The third-order valence-corrected chi connectivity index (χ3v) is 6.29. The van der Waals surface area contributed by atoms with Crippen molar-refractivity contribution >= 4 is 22.6 Å². The number of benzene rings is 2. The van der Waals surface area contributed by atoms with Crippen molar-refractivity contribution in [2.24, 2.45) is 0 Å². The van der Waals surface area contributed by atoms with Crippen LogP contribution in [0.15, 0.2) is 58.3 Å². The van der Waals surface area contributed by atoms with Gasteiger partial charge in [0.05, 0.1) is 21.7 Å². The molecule has 0 aliphatic rings. The number of hydrogen-bond acceptors (Lipinski definition) is 3. The van der Waals surface area contributed by atoms with Crippen molar-refractivity contribution in [1.29, 1.82) is 0 Å². The second kappa shape index (κ2) is 6.99. The lowest BCUT2D eigenvalue weighted by molar-refractivity contribution is 0.0771. The van der Waals surface area contributed by atoms with Crippen LogP contribution in [0.1, 0.15) is 30.2 Å². The summed E-state index contributed by atoms with van der Waals surface area (Å²) in [5, 5.41) is 10.3. The lowest BCUT2D eigenvalue weighted by atomic mass is 9.98. The molecular weight excluding hydrogens is 312 g/mol. The van der Waals surface area contributed by atoms with Gasteiger partial charge in [-0.1, -0.05) is 35.9 Å². The molecule has 0 spiro atoms. The maximum absolute atomic E-state index is 12.9. The van der Waals surface area contributed by atoms with E-state index in [0.717, 1.165) is 20.9 Å². The average molecular weight is 335 g/mol. The highest BCUT2D eigenvalue weighted by atomic mass is 32.2. The molecule has 4 heteroatoms. The molecule has 0 amide bonds. The molecule has 0 unspecified atom stereocenters. The van der Waals surface area contributed by atoms with Gasteiger partial charge in [0.15, 0.2) is 0 Å². The first-order valence-corrected chi connectivity index (χ1v) is 9.61. The van der Waals surface area contributed by atoms with Crippen molar-refractivity contribution < 1.29 is 9.32 Å². The van der Waals surface area contributed by atoms with Crippen molar-refractivity contribution in [1.82, 2.24) is 0 Å². The fourth-order valence-corrected chi connectivity index (χ4v) is 4.80. The van der Waals surface area contributed by atoms with Crippen molar-refractivity contribution in [2.45, 2.75) is 41.4 Å². The molecule has 118 valence electrons. The topological polar surface area (TPSA) is 37.3 Å². The number of thioether (sulfide) groups is 1. The van der Waals surface area contributed by atoms with Crippen LogP contribution in [0.3, 0.4) is 0 Å². The summed E-state index contributed by atoms with van der Waals surface area (Å²) in [4.78, 5) is 1.56. The van der Waals surface area contributed by atoms with Gasteiger partial charge in [-0.15, -0.1) is 0 Å². The first-order valence-electron chi connectivity index (χ1n) is 7.17. The maximum atomic E-state index is 12.9. The van der Waals surface area contributed by atoms with Gasteiger partial charge in [-0.25, -0.2) is 4.21 Å². The Morgan fingerprint density at radius 1 is 1.09 bits per heavy atom.